The molecule has 0 saturated carbocycles. The van der Waals surface area contributed by atoms with Crippen LogP contribution in [0, 0.1) is 0 Å². The van der Waals surface area contributed by atoms with Crippen molar-refractivity contribution < 1.29 is 14.3 Å². The number of hydrogen-bond acceptors (Lipinski definition) is 5. The Morgan fingerprint density at radius 2 is 2.12 bits per heavy atom. The van der Waals surface area contributed by atoms with E-state index in [9.17, 15) is 9.59 Å². The Kier molecular flexibility index (Phi) is 3.82. The summed E-state index contributed by atoms with van der Waals surface area (Å²) in [5.74, 6) is -0.128. The molecule has 7 nitrogen and oxygen atoms in total. The van der Waals surface area contributed by atoms with Gasteiger partial charge in [0.2, 0.25) is 5.78 Å². The lowest BCUT2D eigenvalue weighted by Crippen LogP contribution is -2.36. The SMILES string of the molecule is Cn1ncnc1C(=O)CNC(=O)OC(C)(C)C. The third-order valence-corrected chi connectivity index (χ3v) is 1.75. The van der Waals surface area contributed by atoms with Gasteiger partial charge in [-0.25, -0.2) is 14.5 Å². The summed E-state index contributed by atoms with van der Waals surface area (Å²) in [5.41, 5.74) is -0.585. The number of nitrogens with zero attached hydrogens (tertiary/aromatic N) is 3. The molecule has 1 heterocycles. The molecular formula is C10H16N4O3. The van der Waals surface area contributed by atoms with E-state index in [0.717, 1.165) is 0 Å². The van der Waals surface area contributed by atoms with Crippen LogP contribution in [0.25, 0.3) is 0 Å². The molecule has 7 heteroatoms. The van der Waals surface area contributed by atoms with Crippen LogP contribution < -0.4 is 5.32 Å². The zero-order valence-electron chi connectivity index (χ0n) is 10.4. The highest BCUT2D eigenvalue weighted by atomic mass is 16.6. The van der Waals surface area contributed by atoms with Gasteiger partial charge >= 0.3 is 6.09 Å². The molecule has 0 aliphatic heterocycles. The topological polar surface area (TPSA) is 86.1 Å². The summed E-state index contributed by atoms with van der Waals surface area (Å²) in [7, 11) is 1.60. The van der Waals surface area contributed by atoms with Crippen LogP contribution in [0.2, 0.25) is 0 Å². The molecule has 94 valence electrons. The number of ether oxygens (including phenoxy) is 1. The van der Waals surface area contributed by atoms with Crippen LogP contribution >= 0.6 is 0 Å². The Balaban J connectivity index is 2.45. The number of aromatic nitrogens is 3. The highest BCUT2D eigenvalue weighted by Crippen LogP contribution is 2.06. The van der Waals surface area contributed by atoms with Crippen molar-refractivity contribution in [1.82, 2.24) is 20.1 Å². The molecule has 0 saturated heterocycles. The summed E-state index contributed by atoms with van der Waals surface area (Å²) in [6, 6.07) is 0. The first-order valence-electron chi connectivity index (χ1n) is 5.13. The minimum absolute atomic E-state index is 0.165. The molecule has 0 bridgehead atoms. The van der Waals surface area contributed by atoms with Crippen molar-refractivity contribution in [3.63, 3.8) is 0 Å². The van der Waals surface area contributed by atoms with Crippen molar-refractivity contribution in [3.05, 3.63) is 12.2 Å². The molecule has 1 aromatic rings. The Hall–Kier alpha value is -1.92. The molecule has 0 atom stereocenters. The van der Waals surface area contributed by atoms with Gasteiger partial charge in [-0.05, 0) is 20.8 Å². The summed E-state index contributed by atoms with van der Waals surface area (Å²) in [6.45, 7) is 5.08. The highest BCUT2D eigenvalue weighted by molar-refractivity contribution is 5.95. The molecule has 0 radical (unpaired) electrons. The van der Waals surface area contributed by atoms with E-state index in [0.29, 0.717) is 0 Å². The average molecular weight is 240 g/mol. The summed E-state index contributed by atoms with van der Waals surface area (Å²) < 4.78 is 6.34. The van der Waals surface area contributed by atoms with Crippen molar-refractivity contribution in [1.29, 1.82) is 0 Å². The van der Waals surface area contributed by atoms with Crippen LogP contribution in [0.4, 0.5) is 4.79 Å². The van der Waals surface area contributed by atoms with E-state index < -0.39 is 11.7 Å². The van der Waals surface area contributed by atoms with E-state index in [4.69, 9.17) is 4.74 Å². The maximum absolute atomic E-state index is 11.6. The van der Waals surface area contributed by atoms with Gasteiger partial charge in [-0.1, -0.05) is 0 Å². The second kappa shape index (κ2) is 4.94. The second-order valence-corrected chi connectivity index (χ2v) is 4.49. The number of ketones is 1. The lowest BCUT2D eigenvalue weighted by atomic mass is 10.2. The number of hydrogen-bond donors (Lipinski definition) is 1. The summed E-state index contributed by atoms with van der Waals surface area (Å²) in [5, 5.41) is 6.13. The van der Waals surface area contributed by atoms with Gasteiger partial charge in [0.25, 0.3) is 0 Å². The average Bonchev–Trinajstić information content (AvgIpc) is 2.58. The van der Waals surface area contributed by atoms with Crippen molar-refractivity contribution in [2.45, 2.75) is 26.4 Å². The van der Waals surface area contributed by atoms with E-state index in [1.54, 1.807) is 27.8 Å². The number of Topliss-reactive ketones (excluding diaryl/α,β-unsaturated/α-hetero) is 1. The molecule has 0 spiro atoms. The van der Waals surface area contributed by atoms with Crippen molar-refractivity contribution in [2.24, 2.45) is 7.05 Å². The monoisotopic (exact) mass is 240 g/mol. The summed E-state index contributed by atoms with van der Waals surface area (Å²) >= 11 is 0. The van der Waals surface area contributed by atoms with Crippen LogP contribution in [0.5, 0.6) is 0 Å². The van der Waals surface area contributed by atoms with Crippen LogP contribution in [-0.2, 0) is 11.8 Å². The minimum atomic E-state index is -0.631. The van der Waals surface area contributed by atoms with Gasteiger partial charge in [0.15, 0.2) is 5.82 Å². The third kappa shape index (κ3) is 4.21. The largest absolute Gasteiger partial charge is 0.444 e. The van der Waals surface area contributed by atoms with E-state index in [1.165, 1.54) is 11.0 Å². The Bertz CT molecular complexity index is 419. The van der Waals surface area contributed by atoms with Crippen LogP contribution in [0.15, 0.2) is 6.33 Å². The van der Waals surface area contributed by atoms with Crippen LogP contribution in [-0.4, -0.2) is 38.8 Å². The van der Waals surface area contributed by atoms with E-state index in [-0.39, 0.29) is 18.2 Å². The summed E-state index contributed by atoms with van der Waals surface area (Å²) in [6.07, 6.45) is 0.647. The molecule has 0 aliphatic carbocycles. The first-order chi connectivity index (χ1) is 7.79. The first kappa shape index (κ1) is 13.1. The van der Waals surface area contributed by atoms with E-state index in [1.807, 2.05) is 0 Å². The molecule has 0 fully saturated rings. The predicted octanol–water partition coefficient (Wildman–Crippen LogP) is 0.522. The van der Waals surface area contributed by atoms with Gasteiger partial charge in [0, 0.05) is 7.05 Å². The van der Waals surface area contributed by atoms with Crippen molar-refractivity contribution in [3.8, 4) is 0 Å². The predicted molar refractivity (Wildman–Crippen MR) is 59.6 cm³/mol. The number of alkyl carbamates (subject to hydrolysis) is 1. The second-order valence-electron chi connectivity index (χ2n) is 4.49. The lowest BCUT2D eigenvalue weighted by molar-refractivity contribution is 0.0519. The molecule has 1 amide bonds. The number of amides is 1. The fraction of sp³-hybridized carbons (Fsp3) is 0.600. The molecule has 0 aromatic carbocycles. The smallest absolute Gasteiger partial charge is 0.408 e. The third-order valence-electron chi connectivity index (χ3n) is 1.75. The number of carbonyl (C=O) groups excluding carboxylic acids is 2. The van der Waals surface area contributed by atoms with Gasteiger partial charge in [-0.2, -0.15) is 5.10 Å². The maximum Gasteiger partial charge on any atom is 0.408 e. The zero-order chi connectivity index (χ0) is 13.1. The molecular weight excluding hydrogens is 224 g/mol. The maximum atomic E-state index is 11.6. The Labute approximate surface area is 99.2 Å². The van der Waals surface area contributed by atoms with Gasteiger partial charge in [0.05, 0.1) is 6.54 Å². The van der Waals surface area contributed by atoms with Gasteiger partial charge in [-0.3, -0.25) is 4.79 Å². The molecule has 0 unspecified atom stereocenters. The molecule has 17 heavy (non-hydrogen) atoms. The van der Waals surface area contributed by atoms with Crippen LogP contribution in [0.3, 0.4) is 0 Å². The summed E-state index contributed by atoms with van der Waals surface area (Å²) in [4.78, 5) is 26.7. The van der Waals surface area contributed by atoms with E-state index in [2.05, 4.69) is 15.4 Å². The van der Waals surface area contributed by atoms with Crippen molar-refractivity contribution in [2.75, 3.05) is 6.54 Å². The standard InChI is InChI=1S/C10H16N4O3/c1-10(2,3)17-9(16)11-5-7(15)8-12-6-13-14(8)4/h6H,5H2,1-4H3,(H,11,16). The minimum Gasteiger partial charge on any atom is -0.444 e. The fourth-order valence-electron chi connectivity index (χ4n) is 1.09. The molecule has 1 rings (SSSR count). The van der Waals surface area contributed by atoms with Gasteiger partial charge in [-0.15, -0.1) is 0 Å². The molecule has 1 aromatic heterocycles. The normalized spacial score (nSPS) is 11.1. The Morgan fingerprint density at radius 1 is 1.47 bits per heavy atom. The zero-order valence-corrected chi connectivity index (χ0v) is 10.4. The lowest BCUT2D eigenvalue weighted by Gasteiger charge is -2.19. The fourth-order valence-corrected chi connectivity index (χ4v) is 1.09. The number of rotatable bonds is 3. The van der Waals surface area contributed by atoms with Crippen molar-refractivity contribution >= 4 is 11.9 Å². The molecule has 1 N–H and O–H groups in total. The highest BCUT2D eigenvalue weighted by Gasteiger charge is 2.18. The quantitative estimate of drug-likeness (QED) is 0.778. The number of aryl methyl sites for hydroxylation is 1. The number of carbonyl (C=O) groups is 2. The number of nitrogens with one attached hydrogen (secondary N) is 1. The molecule has 0 aliphatic rings. The van der Waals surface area contributed by atoms with Gasteiger partial charge < -0.3 is 10.1 Å². The Morgan fingerprint density at radius 3 is 2.59 bits per heavy atom. The van der Waals surface area contributed by atoms with E-state index >= 15 is 0 Å². The van der Waals surface area contributed by atoms with Gasteiger partial charge in [0.1, 0.15) is 11.9 Å². The first-order valence-corrected chi connectivity index (χ1v) is 5.13. The van der Waals surface area contributed by atoms with Crippen LogP contribution in [0.1, 0.15) is 31.4 Å².